The molecular formula is C15H24N2O2S. The van der Waals surface area contributed by atoms with E-state index in [-0.39, 0.29) is 0 Å². The Labute approximate surface area is 121 Å². The molecule has 2 unspecified atom stereocenters. The molecule has 0 bridgehead atoms. The van der Waals surface area contributed by atoms with Gasteiger partial charge in [0.05, 0.1) is 4.90 Å². The molecule has 2 rings (SSSR count). The predicted octanol–water partition coefficient (Wildman–Crippen LogP) is 2.68. The Balaban J connectivity index is 2.09. The smallest absolute Gasteiger partial charge is 0.240 e. The summed E-state index contributed by atoms with van der Waals surface area (Å²) in [4.78, 5) is 0.293. The molecule has 20 heavy (non-hydrogen) atoms. The molecule has 112 valence electrons. The molecule has 2 atom stereocenters. The lowest BCUT2D eigenvalue weighted by atomic mass is 9.81. The van der Waals surface area contributed by atoms with Crippen molar-refractivity contribution in [3.05, 3.63) is 23.8 Å². The van der Waals surface area contributed by atoms with Gasteiger partial charge in [-0.15, -0.1) is 0 Å². The molecule has 0 aliphatic heterocycles. The van der Waals surface area contributed by atoms with Gasteiger partial charge in [0, 0.05) is 12.2 Å². The normalized spacial score (nSPS) is 23.7. The van der Waals surface area contributed by atoms with E-state index in [2.05, 4.69) is 11.6 Å². The van der Waals surface area contributed by atoms with Crippen LogP contribution in [0.25, 0.3) is 0 Å². The summed E-state index contributed by atoms with van der Waals surface area (Å²) in [5.41, 5.74) is 6.89. The fourth-order valence-corrected chi connectivity index (χ4v) is 4.27. The third-order valence-corrected chi connectivity index (χ3v) is 5.89. The van der Waals surface area contributed by atoms with Gasteiger partial charge in [-0.25, -0.2) is 13.1 Å². The first kappa shape index (κ1) is 15.3. The van der Waals surface area contributed by atoms with Crippen LogP contribution in [0.5, 0.6) is 0 Å². The van der Waals surface area contributed by atoms with E-state index in [9.17, 15) is 8.42 Å². The average molecular weight is 296 g/mol. The zero-order valence-corrected chi connectivity index (χ0v) is 13.0. The van der Waals surface area contributed by atoms with Crippen LogP contribution in [0.15, 0.2) is 23.1 Å². The Bertz CT molecular complexity index is 569. The van der Waals surface area contributed by atoms with Crippen molar-refractivity contribution in [1.82, 2.24) is 4.72 Å². The molecule has 1 aliphatic rings. The quantitative estimate of drug-likeness (QED) is 0.839. The number of nitrogens with one attached hydrogen (secondary N) is 1. The predicted molar refractivity (Wildman–Crippen MR) is 81.9 cm³/mol. The lowest BCUT2D eigenvalue weighted by Crippen LogP contribution is -2.33. The van der Waals surface area contributed by atoms with Crippen LogP contribution >= 0.6 is 0 Å². The van der Waals surface area contributed by atoms with Crippen molar-refractivity contribution >= 4 is 15.7 Å². The summed E-state index contributed by atoms with van der Waals surface area (Å²) in [5, 5.41) is 0. The maximum absolute atomic E-state index is 12.4. The molecular weight excluding hydrogens is 272 g/mol. The summed E-state index contributed by atoms with van der Waals surface area (Å²) in [6.07, 6.45) is 4.77. The van der Waals surface area contributed by atoms with Gasteiger partial charge in [-0.2, -0.15) is 0 Å². The first-order valence-corrected chi connectivity index (χ1v) is 8.74. The van der Waals surface area contributed by atoms with Crippen molar-refractivity contribution in [2.45, 2.75) is 44.4 Å². The Morgan fingerprint density at radius 1 is 1.30 bits per heavy atom. The molecule has 0 heterocycles. The Hall–Kier alpha value is -1.07. The van der Waals surface area contributed by atoms with E-state index in [0.29, 0.717) is 29.0 Å². The van der Waals surface area contributed by atoms with Gasteiger partial charge in [-0.1, -0.05) is 32.3 Å². The molecule has 1 fully saturated rings. The highest BCUT2D eigenvalue weighted by Gasteiger charge is 2.24. The Morgan fingerprint density at radius 2 is 2.00 bits per heavy atom. The maximum Gasteiger partial charge on any atom is 0.240 e. The van der Waals surface area contributed by atoms with Crippen molar-refractivity contribution < 1.29 is 8.42 Å². The van der Waals surface area contributed by atoms with Crippen LogP contribution in [-0.2, 0) is 10.0 Å². The van der Waals surface area contributed by atoms with Crippen LogP contribution in [0.2, 0.25) is 0 Å². The number of sulfonamides is 1. The van der Waals surface area contributed by atoms with E-state index in [4.69, 9.17) is 5.73 Å². The second kappa shape index (κ2) is 6.14. The van der Waals surface area contributed by atoms with Crippen molar-refractivity contribution in [3.63, 3.8) is 0 Å². The molecule has 4 nitrogen and oxygen atoms in total. The summed E-state index contributed by atoms with van der Waals surface area (Å²) in [7, 11) is -3.47. The summed E-state index contributed by atoms with van der Waals surface area (Å²) >= 11 is 0. The number of nitrogens with two attached hydrogens (primary N) is 1. The summed E-state index contributed by atoms with van der Waals surface area (Å²) in [6.45, 7) is 4.53. The van der Waals surface area contributed by atoms with E-state index in [1.807, 2.05) is 0 Å². The van der Waals surface area contributed by atoms with Crippen LogP contribution in [0, 0.1) is 18.8 Å². The molecule has 3 N–H and O–H groups in total. The minimum absolute atomic E-state index is 0.293. The Kier molecular flexibility index (Phi) is 4.70. The second-order valence-corrected chi connectivity index (χ2v) is 7.63. The Morgan fingerprint density at radius 3 is 2.70 bits per heavy atom. The highest BCUT2D eigenvalue weighted by atomic mass is 32.2. The zero-order chi connectivity index (χ0) is 14.8. The van der Waals surface area contributed by atoms with Gasteiger partial charge in [-0.3, -0.25) is 0 Å². The molecule has 0 radical (unpaired) electrons. The van der Waals surface area contributed by atoms with Gasteiger partial charge in [0.2, 0.25) is 10.0 Å². The first-order chi connectivity index (χ1) is 9.40. The number of rotatable bonds is 4. The average Bonchev–Trinajstić information content (AvgIpc) is 2.40. The molecule has 1 saturated carbocycles. The summed E-state index contributed by atoms with van der Waals surface area (Å²) in [5.74, 6) is 1.04. The van der Waals surface area contributed by atoms with Crippen molar-refractivity contribution in [3.8, 4) is 0 Å². The van der Waals surface area contributed by atoms with E-state index in [1.165, 1.54) is 25.3 Å². The monoisotopic (exact) mass is 296 g/mol. The van der Waals surface area contributed by atoms with E-state index in [1.54, 1.807) is 19.1 Å². The van der Waals surface area contributed by atoms with Crippen molar-refractivity contribution in [2.24, 2.45) is 11.8 Å². The fraction of sp³-hybridized carbons (Fsp3) is 0.600. The van der Waals surface area contributed by atoms with Crippen LogP contribution in [0.4, 0.5) is 5.69 Å². The highest BCUT2D eigenvalue weighted by molar-refractivity contribution is 7.89. The molecule has 1 aromatic rings. The van der Waals surface area contributed by atoms with E-state index in [0.717, 1.165) is 12.0 Å². The minimum atomic E-state index is -3.47. The molecule has 0 spiro atoms. The van der Waals surface area contributed by atoms with Crippen LogP contribution < -0.4 is 10.5 Å². The van der Waals surface area contributed by atoms with Crippen molar-refractivity contribution in [2.75, 3.05) is 12.3 Å². The molecule has 0 amide bonds. The molecule has 1 aliphatic carbocycles. The van der Waals surface area contributed by atoms with Crippen LogP contribution in [-0.4, -0.2) is 15.0 Å². The lowest BCUT2D eigenvalue weighted by Gasteiger charge is -2.28. The summed E-state index contributed by atoms with van der Waals surface area (Å²) < 4.78 is 27.5. The second-order valence-electron chi connectivity index (χ2n) is 5.90. The third kappa shape index (κ3) is 3.52. The van der Waals surface area contributed by atoms with Gasteiger partial charge in [0.1, 0.15) is 0 Å². The number of anilines is 1. The molecule has 0 saturated heterocycles. The van der Waals surface area contributed by atoms with Crippen LogP contribution in [0.3, 0.4) is 0 Å². The number of hydrogen-bond donors (Lipinski definition) is 2. The lowest BCUT2D eigenvalue weighted by molar-refractivity contribution is 0.257. The van der Waals surface area contributed by atoms with Gasteiger partial charge < -0.3 is 5.73 Å². The van der Waals surface area contributed by atoms with Gasteiger partial charge in [0.15, 0.2) is 0 Å². The highest BCUT2D eigenvalue weighted by Crippen LogP contribution is 2.29. The number of hydrogen-bond acceptors (Lipinski definition) is 3. The van der Waals surface area contributed by atoms with E-state index < -0.39 is 10.0 Å². The molecule has 5 heteroatoms. The van der Waals surface area contributed by atoms with Gasteiger partial charge in [0.25, 0.3) is 0 Å². The molecule has 0 aromatic heterocycles. The maximum atomic E-state index is 12.4. The largest absolute Gasteiger partial charge is 0.399 e. The molecule has 1 aromatic carbocycles. The topological polar surface area (TPSA) is 72.2 Å². The minimum Gasteiger partial charge on any atom is -0.399 e. The van der Waals surface area contributed by atoms with Crippen molar-refractivity contribution in [1.29, 1.82) is 0 Å². The third-order valence-electron chi connectivity index (χ3n) is 4.33. The standard InChI is InChI=1S/C15H24N2O2S/c1-11-5-3-4-6-13(11)10-17-20(18,19)15-9-14(16)8-7-12(15)2/h7-9,11,13,17H,3-6,10,16H2,1-2H3. The number of benzene rings is 1. The first-order valence-electron chi connectivity index (χ1n) is 7.26. The fourth-order valence-electron chi connectivity index (χ4n) is 2.90. The zero-order valence-electron chi connectivity index (χ0n) is 12.2. The number of aryl methyl sites for hydroxylation is 1. The van der Waals surface area contributed by atoms with Crippen LogP contribution in [0.1, 0.15) is 38.2 Å². The van der Waals surface area contributed by atoms with Gasteiger partial charge >= 0.3 is 0 Å². The summed E-state index contributed by atoms with van der Waals surface area (Å²) in [6, 6.07) is 4.99. The van der Waals surface area contributed by atoms with Gasteiger partial charge in [-0.05, 0) is 42.9 Å². The number of nitrogen functional groups attached to an aromatic ring is 1. The SMILES string of the molecule is Cc1ccc(N)cc1S(=O)(=O)NCC1CCCCC1C. The van der Waals surface area contributed by atoms with E-state index >= 15 is 0 Å².